The number of Topliss-reactive ketones (excluding diaryl/α,β-unsaturated/α-hetero) is 1. The zero-order valence-corrected chi connectivity index (χ0v) is 15.5. The van der Waals surface area contributed by atoms with E-state index < -0.39 is 0 Å². The van der Waals surface area contributed by atoms with E-state index in [1.165, 1.54) is 6.21 Å². The average molecular weight is 342 g/mol. The van der Waals surface area contributed by atoms with Crippen molar-refractivity contribution in [2.45, 2.75) is 53.0 Å². The molecule has 1 amide bonds. The summed E-state index contributed by atoms with van der Waals surface area (Å²) >= 11 is 0. The predicted molar refractivity (Wildman–Crippen MR) is 99.5 cm³/mol. The largest absolute Gasteiger partial charge is 0.511 e. The molecule has 0 atom stereocenters. The molecule has 0 bridgehead atoms. The molecule has 0 aliphatic heterocycles. The molecule has 0 heterocycles. The lowest BCUT2D eigenvalue weighted by molar-refractivity contribution is -0.117. The Morgan fingerprint density at radius 2 is 1.80 bits per heavy atom. The van der Waals surface area contributed by atoms with E-state index in [2.05, 4.69) is 10.3 Å². The van der Waals surface area contributed by atoms with Crippen LogP contribution in [0.4, 0.5) is 5.69 Å². The van der Waals surface area contributed by atoms with E-state index in [0.29, 0.717) is 24.1 Å². The summed E-state index contributed by atoms with van der Waals surface area (Å²) in [6.45, 7) is 9.68. The van der Waals surface area contributed by atoms with Gasteiger partial charge in [-0.2, -0.15) is 0 Å². The van der Waals surface area contributed by atoms with Crippen molar-refractivity contribution < 1.29 is 14.7 Å². The number of aliphatic hydroxyl groups is 1. The maximum atomic E-state index is 12.2. The molecule has 1 aliphatic carbocycles. The minimum atomic E-state index is -0.299. The number of carbonyl (C=O) groups is 2. The molecular formula is C20H26N2O3. The molecule has 2 rings (SSSR count). The quantitative estimate of drug-likeness (QED) is 0.811. The van der Waals surface area contributed by atoms with Gasteiger partial charge in [0.1, 0.15) is 5.76 Å². The number of nitrogens with one attached hydrogen (secondary N) is 1. The van der Waals surface area contributed by atoms with Gasteiger partial charge in [0.2, 0.25) is 0 Å². The number of amides is 1. The first kappa shape index (κ1) is 18.9. The van der Waals surface area contributed by atoms with E-state index in [-0.39, 0.29) is 34.0 Å². The number of aliphatic imine (C=N–C) groups is 1. The van der Waals surface area contributed by atoms with Crippen LogP contribution in [0.3, 0.4) is 0 Å². The molecular weight excluding hydrogens is 316 g/mol. The Balaban J connectivity index is 2.12. The Kier molecular flexibility index (Phi) is 5.16. The molecule has 0 unspecified atom stereocenters. The number of allylic oxidation sites excluding steroid dienone is 2. The van der Waals surface area contributed by atoms with E-state index in [1.54, 1.807) is 24.3 Å². The van der Waals surface area contributed by atoms with Crippen LogP contribution in [0.1, 0.15) is 57.8 Å². The van der Waals surface area contributed by atoms with E-state index in [4.69, 9.17) is 0 Å². The van der Waals surface area contributed by atoms with Gasteiger partial charge >= 0.3 is 0 Å². The molecule has 1 aromatic carbocycles. The summed E-state index contributed by atoms with van der Waals surface area (Å²) in [4.78, 5) is 28.5. The van der Waals surface area contributed by atoms with Crippen molar-refractivity contribution in [2.24, 2.45) is 10.4 Å². The maximum Gasteiger partial charge on any atom is 0.251 e. The fraction of sp³-hybridized carbons (Fsp3) is 0.450. The van der Waals surface area contributed by atoms with Crippen LogP contribution in [0, 0.1) is 5.41 Å². The first-order valence-corrected chi connectivity index (χ1v) is 8.39. The molecule has 0 aromatic heterocycles. The molecule has 0 saturated carbocycles. The van der Waals surface area contributed by atoms with Crippen LogP contribution in [-0.2, 0) is 4.79 Å². The van der Waals surface area contributed by atoms with Gasteiger partial charge in [0, 0.05) is 30.2 Å². The lowest BCUT2D eigenvalue weighted by Crippen LogP contribution is -2.40. The highest BCUT2D eigenvalue weighted by Gasteiger charge is 2.32. The van der Waals surface area contributed by atoms with Gasteiger partial charge in [-0.3, -0.25) is 14.6 Å². The van der Waals surface area contributed by atoms with Crippen molar-refractivity contribution in [3.8, 4) is 0 Å². The van der Waals surface area contributed by atoms with Crippen LogP contribution in [0.5, 0.6) is 0 Å². The monoisotopic (exact) mass is 342 g/mol. The summed E-state index contributed by atoms with van der Waals surface area (Å²) in [5, 5.41) is 13.0. The molecule has 2 N–H and O–H groups in total. The summed E-state index contributed by atoms with van der Waals surface area (Å²) < 4.78 is 0. The number of hydrogen-bond acceptors (Lipinski definition) is 4. The summed E-state index contributed by atoms with van der Waals surface area (Å²) in [6, 6.07) is 6.80. The van der Waals surface area contributed by atoms with Crippen molar-refractivity contribution in [3.05, 3.63) is 41.2 Å². The van der Waals surface area contributed by atoms with Gasteiger partial charge in [-0.1, -0.05) is 13.8 Å². The zero-order chi connectivity index (χ0) is 18.8. The number of nitrogens with zero attached hydrogens (tertiary/aromatic N) is 1. The lowest BCUT2D eigenvalue weighted by atomic mass is 9.77. The Bertz CT molecular complexity index is 735. The molecule has 134 valence electrons. The highest BCUT2D eigenvalue weighted by Crippen LogP contribution is 2.35. The molecule has 0 radical (unpaired) electrons. The second kappa shape index (κ2) is 6.82. The first-order chi connectivity index (χ1) is 11.5. The number of ketones is 1. The van der Waals surface area contributed by atoms with Crippen molar-refractivity contribution >= 4 is 23.6 Å². The van der Waals surface area contributed by atoms with Crippen LogP contribution >= 0.6 is 0 Å². The highest BCUT2D eigenvalue weighted by atomic mass is 16.3. The van der Waals surface area contributed by atoms with Gasteiger partial charge in [0.15, 0.2) is 5.78 Å². The highest BCUT2D eigenvalue weighted by molar-refractivity contribution is 6.14. The molecule has 1 aliphatic rings. The summed E-state index contributed by atoms with van der Waals surface area (Å²) in [5.74, 6) is -0.155. The number of carbonyl (C=O) groups excluding carboxylic acids is 2. The Hall–Kier alpha value is -2.43. The van der Waals surface area contributed by atoms with Gasteiger partial charge in [0.05, 0.1) is 11.3 Å². The second-order valence-corrected chi connectivity index (χ2v) is 8.31. The molecule has 1 aromatic rings. The van der Waals surface area contributed by atoms with Crippen LogP contribution in [0.2, 0.25) is 0 Å². The van der Waals surface area contributed by atoms with Crippen LogP contribution in [0.25, 0.3) is 0 Å². The Labute approximate surface area is 148 Å². The molecule has 0 spiro atoms. The number of aliphatic hydroxyl groups excluding tert-OH is 1. The Morgan fingerprint density at radius 1 is 1.20 bits per heavy atom. The third-order valence-electron chi connectivity index (χ3n) is 3.86. The van der Waals surface area contributed by atoms with Crippen LogP contribution in [0.15, 0.2) is 40.6 Å². The summed E-state index contributed by atoms with van der Waals surface area (Å²) in [6.07, 6.45) is 2.27. The van der Waals surface area contributed by atoms with Gasteiger partial charge < -0.3 is 10.4 Å². The topological polar surface area (TPSA) is 78.8 Å². The second-order valence-electron chi connectivity index (χ2n) is 8.31. The van der Waals surface area contributed by atoms with Gasteiger partial charge in [-0.25, -0.2) is 0 Å². The first-order valence-electron chi connectivity index (χ1n) is 8.39. The minimum absolute atomic E-state index is 0.0891. The maximum absolute atomic E-state index is 12.2. The third kappa shape index (κ3) is 5.28. The summed E-state index contributed by atoms with van der Waals surface area (Å²) in [5.41, 5.74) is 0.915. The van der Waals surface area contributed by atoms with Gasteiger partial charge in [0.25, 0.3) is 5.91 Å². The smallest absolute Gasteiger partial charge is 0.251 e. The van der Waals surface area contributed by atoms with Crippen molar-refractivity contribution in [3.63, 3.8) is 0 Å². The average Bonchev–Trinajstić information content (AvgIpc) is 2.44. The minimum Gasteiger partial charge on any atom is -0.511 e. The van der Waals surface area contributed by atoms with Crippen LogP contribution in [-0.4, -0.2) is 28.6 Å². The summed E-state index contributed by atoms with van der Waals surface area (Å²) in [7, 11) is 0. The fourth-order valence-electron chi connectivity index (χ4n) is 2.70. The van der Waals surface area contributed by atoms with E-state index >= 15 is 0 Å². The molecule has 0 saturated heterocycles. The number of benzene rings is 1. The number of hydrogen-bond donors (Lipinski definition) is 2. The van der Waals surface area contributed by atoms with Gasteiger partial charge in [-0.05, 0) is 50.5 Å². The molecule has 0 fully saturated rings. The molecule has 5 heteroatoms. The number of rotatable bonds is 3. The lowest BCUT2D eigenvalue weighted by Gasteiger charge is -2.28. The normalized spacial score (nSPS) is 17.9. The predicted octanol–water partition coefficient (Wildman–Crippen LogP) is 4.12. The van der Waals surface area contributed by atoms with E-state index in [0.717, 1.165) is 0 Å². The van der Waals surface area contributed by atoms with Crippen molar-refractivity contribution in [1.29, 1.82) is 0 Å². The Morgan fingerprint density at radius 3 is 2.32 bits per heavy atom. The van der Waals surface area contributed by atoms with E-state index in [9.17, 15) is 14.7 Å². The standard InChI is InChI=1S/C20H26N2O3/c1-19(2,3)22-18(25)13-6-8-14(9-7-13)21-12-15-16(23)10-20(4,5)11-17(15)24/h6-9,12,23H,10-11H2,1-5H3,(H,22,25). The van der Waals surface area contributed by atoms with Crippen molar-refractivity contribution in [1.82, 2.24) is 5.32 Å². The molecule has 5 nitrogen and oxygen atoms in total. The van der Waals surface area contributed by atoms with Gasteiger partial charge in [-0.15, -0.1) is 0 Å². The third-order valence-corrected chi connectivity index (χ3v) is 3.86. The van der Waals surface area contributed by atoms with Crippen LogP contribution < -0.4 is 5.32 Å². The van der Waals surface area contributed by atoms with Crippen molar-refractivity contribution in [2.75, 3.05) is 0 Å². The molecule has 25 heavy (non-hydrogen) atoms. The fourth-order valence-corrected chi connectivity index (χ4v) is 2.70. The van der Waals surface area contributed by atoms with E-state index in [1.807, 2.05) is 34.6 Å². The SMILES string of the molecule is CC1(C)CC(=O)C(C=Nc2ccc(C(=O)NC(C)(C)C)cc2)=C(O)C1. The zero-order valence-electron chi connectivity index (χ0n) is 15.5.